The van der Waals surface area contributed by atoms with E-state index in [-0.39, 0.29) is 22.1 Å². The first-order valence-electron chi connectivity index (χ1n) is 28.2. The highest BCUT2D eigenvalue weighted by atomic mass is 32.2. The third-order valence-corrected chi connectivity index (χ3v) is 20.2. The molecule has 0 amide bonds. The Hall–Kier alpha value is -8.51. The van der Waals surface area contributed by atoms with Crippen LogP contribution >= 0.6 is 11.8 Å². The van der Waals surface area contributed by atoms with Gasteiger partial charge in [0.2, 0.25) is 0 Å². The Balaban J connectivity index is 0.804. The smallest absolute Gasteiger partial charge is 0.159 e. The second kappa shape index (κ2) is 16.5. The molecule has 4 aliphatic carbocycles. The normalized spacial score (nSPS) is 17.8. The minimum atomic E-state index is -0.161. The third-order valence-electron chi connectivity index (χ3n) is 18.8. The summed E-state index contributed by atoms with van der Waals surface area (Å²) < 4.78 is 13.8. The average molecular weight is 1040 g/mol. The Labute approximate surface area is 464 Å². The first-order chi connectivity index (χ1) is 38.7. The molecule has 380 valence electrons. The fourth-order valence-electron chi connectivity index (χ4n) is 15.0. The van der Waals surface area contributed by atoms with E-state index in [4.69, 9.17) is 8.83 Å². The molecule has 0 spiro atoms. The molecule has 2 atom stereocenters. The maximum Gasteiger partial charge on any atom is 0.159 e. The lowest BCUT2D eigenvalue weighted by atomic mass is 9.82. The van der Waals surface area contributed by atoms with Gasteiger partial charge in [0.05, 0.1) is 11.4 Å². The SMILES string of the molecule is CC1(C)c2ccccc2-c2ccc(N(c3ccc4c5c(c6ccccc6c4c3)C3=CC[C@H](N(c4ccc6c(c4)C(C)(C)c4ccccc4-6)c4cccc6c7c(oc46)CCC=C7)C[C@@H]3S5)c3cccc4c3oc3ccccc34)cc21. The molecule has 0 bridgehead atoms. The molecular weight excluding hydrogens is 981 g/mol. The van der Waals surface area contributed by atoms with E-state index in [9.17, 15) is 0 Å². The predicted molar refractivity (Wildman–Crippen MR) is 331 cm³/mol. The molecule has 10 aromatic carbocycles. The van der Waals surface area contributed by atoms with Gasteiger partial charge in [-0.25, -0.2) is 0 Å². The van der Waals surface area contributed by atoms with Crippen molar-refractivity contribution in [1.29, 1.82) is 0 Å². The van der Waals surface area contributed by atoms with Gasteiger partial charge in [-0.15, -0.1) is 11.8 Å². The van der Waals surface area contributed by atoms with E-state index in [2.05, 4.69) is 256 Å². The van der Waals surface area contributed by atoms with E-state index < -0.39 is 0 Å². The fourth-order valence-corrected chi connectivity index (χ4v) is 16.6. The van der Waals surface area contributed by atoms with Gasteiger partial charge in [0.25, 0.3) is 0 Å². The van der Waals surface area contributed by atoms with Crippen molar-refractivity contribution in [2.45, 2.75) is 80.4 Å². The molecule has 5 aliphatic rings. The summed E-state index contributed by atoms with van der Waals surface area (Å²) in [6.07, 6.45) is 11.0. The highest BCUT2D eigenvalue weighted by Crippen LogP contribution is 2.58. The van der Waals surface area contributed by atoms with Crippen LogP contribution in [-0.4, -0.2) is 11.3 Å². The molecular formula is C74H56N2O2S. The van der Waals surface area contributed by atoms with Crippen LogP contribution < -0.4 is 9.80 Å². The molecule has 0 radical (unpaired) electrons. The van der Waals surface area contributed by atoms with Crippen LogP contribution in [0.5, 0.6) is 0 Å². The molecule has 17 rings (SSSR count). The Morgan fingerprint density at radius 3 is 1.89 bits per heavy atom. The summed E-state index contributed by atoms with van der Waals surface area (Å²) in [5, 5.41) is 8.87. The van der Waals surface area contributed by atoms with Crippen LogP contribution in [-0.2, 0) is 17.3 Å². The summed E-state index contributed by atoms with van der Waals surface area (Å²) in [7, 11) is 0. The van der Waals surface area contributed by atoms with E-state index in [1.165, 1.54) is 98.7 Å². The number of hydrogen-bond donors (Lipinski definition) is 0. The lowest BCUT2D eigenvalue weighted by Crippen LogP contribution is -2.35. The van der Waals surface area contributed by atoms with Crippen LogP contribution in [0.3, 0.4) is 0 Å². The zero-order valence-electron chi connectivity index (χ0n) is 44.7. The predicted octanol–water partition coefficient (Wildman–Crippen LogP) is 20.5. The van der Waals surface area contributed by atoms with Gasteiger partial charge in [-0.1, -0.05) is 179 Å². The van der Waals surface area contributed by atoms with Crippen LogP contribution in [0.2, 0.25) is 0 Å². The molecule has 1 aliphatic heterocycles. The van der Waals surface area contributed by atoms with Gasteiger partial charge in [-0.3, -0.25) is 0 Å². The number of thioether (sulfide) groups is 1. The van der Waals surface area contributed by atoms with E-state index in [1.807, 2.05) is 0 Å². The molecule has 2 aromatic heterocycles. The van der Waals surface area contributed by atoms with Crippen molar-refractivity contribution in [2.24, 2.45) is 0 Å². The number of allylic oxidation sites excluding steroid dienone is 1. The molecule has 4 nitrogen and oxygen atoms in total. The second-order valence-corrected chi connectivity index (χ2v) is 24.9. The molecule has 0 fully saturated rings. The zero-order valence-corrected chi connectivity index (χ0v) is 45.5. The largest absolute Gasteiger partial charge is 0.458 e. The summed E-state index contributed by atoms with van der Waals surface area (Å²) in [5.41, 5.74) is 23.0. The number of rotatable bonds is 6. The first kappa shape index (κ1) is 45.5. The zero-order chi connectivity index (χ0) is 52.5. The van der Waals surface area contributed by atoms with E-state index in [0.29, 0.717) is 0 Å². The second-order valence-electron chi connectivity index (χ2n) is 23.7. The highest BCUT2D eigenvalue weighted by molar-refractivity contribution is 8.01. The van der Waals surface area contributed by atoms with Crippen molar-refractivity contribution in [3.63, 3.8) is 0 Å². The van der Waals surface area contributed by atoms with Gasteiger partial charge in [-0.2, -0.15) is 0 Å². The number of furan rings is 2. The van der Waals surface area contributed by atoms with Crippen molar-refractivity contribution in [3.8, 4) is 22.3 Å². The minimum absolute atomic E-state index is 0.124. The molecule has 79 heavy (non-hydrogen) atoms. The van der Waals surface area contributed by atoms with Crippen LogP contribution in [0, 0.1) is 0 Å². The summed E-state index contributed by atoms with van der Waals surface area (Å²) in [4.78, 5) is 6.50. The molecule has 0 unspecified atom stereocenters. The number of anilines is 5. The number of para-hydroxylation sites is 3. The van der Waals surface area contributed by atoms with E-state index >= 15 is 0 Å². The van der Waals surface area contributed by atoms with Crippen molar-refractivity contribution < 1.29 is 8.83 Å². The van der Waals surface area contributed by atoms with E-state index in [0.717, 1.165) is 81.7 Å². The maximum absolute atomic E-state index is 6.97. The molecule has 12 aromatic rings. The molecule has 0 saturated carbocycles. The maximum atomic E-state index is 6.97. The van der Waals surface area contributed by atoms with Crippen LogP contribution in [0.25, 0.3) is 88.4 Å². The Bertz CT molecular complexity index is 4700. The van der Waals surface area contributed by atoms with Gasteiger partial charge >= 0.3 is 0 Å². The number of hydrogen-bond acceptors (Lipinski definition) is 5. The third kappa shape index (κ3) is 6.39. The van der Waals surface area contributed by atoms with Crippen molar-refractivity contribution >= 4 is 106 Å². The number of aryl methyl sites for hydroxylation is 1. The lowest BCUT2D eigenvalue weighted by Gasteiger charge is -2.38. The highest BCUT2D eigenvalue weighted by Gasteiger charge is 2.41. The lowest BCUT2D eigenvalue weighted by molar-refractivity contribution is 0.542. The number of fused-ring (bicyclic) bond motifs is 20. The fraction of sp³-hybridized carbons (Fsp3) is 0.162. The van der Waals surface area contributed by atoms with E-state index in [1.54, 1.807) is 0 Å². The topological polar surface area (TPSA) is 32.8 Å². The monoisotopic (exact) mass is 1040 g/mol. The van der Waals surface area contributed by atoms with Gasteiger partial charge in [0.15, 0.2) is 11.2 Å². The average Bonchev–Trinajstić information content (AvgIpc) is 4.45. The standard InChI is InChI=1S/C74H56N2O2S/c1-73(2)60-25-11-7-18-48(60)50-35-31-44(40-62(50)73)75(64-27-15-23-55-52-20-9-13-29-66(52)77-70(55)64)43-33-37-57-59(39-43)47-17-5-6-22-54(47)69-58-38-34-46(42-68(58)79-72(57)69)76(65-28-16-24-56-53-21-10-14-30-67(53)78-71(56)65)45-32-36-51-49-19-8-12-26-61(49)74(3,4)63(51)41-45/h5-13,15-29,31-33,35-41,46,68H,14,30,34,42H2,1-4H3/t46-,68-/m0/s1. The van der Waals surface area contributed by atoms with Gasteiger partial charge in [0.1, 0.15) is 11.3 Å². The van der Waals surface area contributed by atoms with Crippen molar-refractivity contribution in [2.75, 3.05) is 9.80 Å². The molecule has 0 N–H and O–H groups in total. The Morgan fingerprint density at radius 1 is 0.494 bits per heavy atom. The van der Waals surface area contributed by atoms with Gasteiger partial charge < -0.3 is 18.6 Å². The summed E-state index contributed by atoms with van der Waals surface area (Å²) in [5.74, 6) is 1.10. The Morgan fingerprint density at radius 2 is 1.10 bits per heavy atom. The summed E-state index contributed by atoms with van der Waals surface area (Å²) >= 11 is 2.08. The van der Waals surface area contributed by atoms with Gasteiger partial charge in [0, 0.05) is 77.8 Å². The molecule has 3 heterocycles. The summed E-state index contributed by atoms with van der Waals surface area (Å²) in [6.45, 7) is 9.53. The number of benzene rings is 10. The van der Waals surface area contributed by atoms with Crippen LogP contribution in [0.15, 0.2) is 214 Å². The van der Waals surface area contributed by atoms with Crippen LogP contribution in [0.1, 0.15) is 86.1 Å². The van der Waals surface area contributed by atoms with Crippen molar-refractivity contribution in [1.82, 2.24) is 0 Å². The van der Waals surface area contributed by atoms with Crippen LogP contribution in [0.4, 0.5) is 28.4 Å². The molecule has 0 saturated heterocycles. The number of nitrogens with zero attached hydrogens (tertiary/aromatic N) is 2. The quantitative estimate of drug-likeness (QED) is 0.155. The minimum Gasteiger partial charge on any atom is -0.458 e. The summed E-state index contributed by atoms with van der Waals surface area (Å²) in [6, 6.07) is 70.7. The van der Waals surface area contributed by atoms with Gasteiger partial charge in [-0.05, 0) is 145 Å². The first-order valence-corrected chi connectivity index (χ1v) is 29.1. The molecule has 5 heteroatoms. The Kier molecular flexibility index (Phi) is 9.51. The van der Waals surface area contributed by atoms with Crippen molar-refractivity contribution in [3.05, 3.63) is 239 Å².